The highest BCUT2D eigenvalue weighted by atomic mass is 16.5. The first-order valence-electron chi connectivity index (χ1n) is 6.92. The molecule has 2 unspecified atom stereocenters. The minimum Gasteiger partial charge on any atom is -0.480 e. The topological polar surface area (TPSA) is 116 Å². The molecule has 1 aromatic rings. The minimum atomic E-state index is -1.09. The van der Waals surface area contributed by atoms with Gasteiger partial charge < -0.3 is 25.5 Å². The van der Waals surface area contributed by atoms with E-state index in [1.54, 1.807) is 0 Å². The third-order valence-corrected chi connectivity index (χ3v) is 3.64. The standard InChI is InChI=1S/C13H20N4O4/c1-8-9(2-3-21-8)5-15-13(20)17-11(12(18)19)4-10-6-14-7-16-10/h6-9,11H,2-5H2,1H3,(H,14,16)(H,18,19)(H2,15,17,20)/t8?,9?,11-/m0/s1. The summed E-state index contributed by atoms with van der Waals surface area (Å²) in [7, 11) is 0. The number of ether oxygens (including phenoxy) is 1. The highest BCUT2D eigenvalue weighted by Crippen LogP contribution is 2.19. The van der Waals surface area contributed by atoms with E-state index in [4.69, 9.17) is 9.84 Å². The molecular formula is C13H20N4O4. The molecule has 0 aromatic carbocycles. The van der Waals surface area contributed by atoms with Gasteiger partial charge in [-0.2, -0.15) is 0 Å². The smallest absolute Gasteiger partial charge is 0.326 e. The average molecular weight is 296 g/mol. The van der Waals surface area contributed by atoms with Gasteiger partial charge in [0.05, 0.1) is 12.4 Å². The van der Waals surface area contributed by atoms with Gasteiger partial charge in [-0.3, -0.25) is 0 Å². The number of aromatic amines is 1. The van der Waals surface area contributed by atoms with Crippen LogP contribution in [-0.4, -0.2) is 52.4 Å². The summed E-state index contributed by atoms with van der Waals surface area (Å²) >= 11 is 0. The third kappa shape index (κ3) is 4.45. The molecule has 2 heterocycles. The molecule has 0 spiro atoms. The van der Waals surface area contributed by atoms with E-state index in [0.717, 1.165) is 6.42 Å². The van der Waals surface area contributed by atoms with Crippen LogP contribution >= 0.6 is 0 Å². The molecule has 0 radical (unpaired) electrons. The van der Waals surface area contributed by atoms with E-state index in [2.05, 4.69) is 20.6 Å². The number of imidazole rings is 1. The van der Waals surface area contributed by atoms with Crippen molar-refractivity contribution in [3.63, 3.8) is 0 Å². The van der Waals surface area contributed by atoms with Crippen LogP contribution in [0.2, 0.25) is 0 Å². The van der Waals surface area contributed by atoms with E-state index < -0.39 is 18.0 Å². The van der Waals surface area contributed by atoms with Gasteiger partial charge in [0, 0.05) is 37.4 Å². The largest absolute Gasteiger partial charge is 0.480 e. The lowest BCUT2D eigenvalue weighted by Crippen LogP contribution is -2.48. The van der Waals surface area contributed by atoms with Crippen molar-refractivity contribution in [1.29, 1.82) is 0 Å². The van der Waals surface area contributed by atoms with Gasteiger partial charge in [-0.1, -0.05) is 0 Å². The summed E-state index contributed by atoms with van der Waals surface area (Å²) in [5.74, 6) is -0.816. The third-order valence-electron chi connectivity index (χ3n) is 3.64. The maximum absolute atomic E-state index is 11.8. The molecule has 21 heavy (non-hydrogen) atoms. The van der Waals surface area contributed by atoms with Gasteiger partial charge >= 0.3 is 12.0 Å². The zero-order valence-corrected chi connectivity index (χ0v) is 11.8. The highest BCUT2D eigenvalue weighted by Gasteiger charge is 2.25. The molecule has 3 atom stereocenters. The quantitative estimate of drug-likeness (QED) is 0.595. The zero-order chi connectivity index (χ0) is 15.2. The van der Waals surface area contributed by atoms with Crippen LogP contribution in [0.4, 0.5) is 4.79 Å². The molecule has 8 nitrogen and oxygen atoms in total. The van der Waals surface area contributed by atoms with E-state index in [1.807, 2.05) is 6.92 Å². The highest BCUT2D eigenvalue weighted by molar-refractivity contribution is 5.82. The number of hydrogen-bond donors (Lipinski definition) is 4. The molecule has 2 amide bonds. The predicted octanol–water partition coefficient (Wildman–Crippen LogP) is 0.130. The number of aromatic nitrogens is 2. The summed E-state index contributed by atoms with van der Waals surface area (Å²) in [6.45, 7) is 3.14. The number of H-pyrrole nitrogens is 1. The molecule has 116 valence electrons. The fourth-order valence-corrected chi connectivity index (χ4v) is 2.29. The number of carbonyl (C=O) groups is 2. The molecule has 1 aliphatic rings. The number of amides is 2. The summed E-state index contributed by atoms with van der Waals surface area (Å²) < 4.78 is 5.41. The van der Waals surface area contributed by atoms with Crippen LogP contribution in [0.5, 0.6) is 0 Å². The Balaban J connectivity index is 1.79. The molecule has 0 bridgehead atoms. The molecule has 0 saturated carbocycles. The molecule has 1 aromatic heterocycles. The average Bonchev–Trinajstić information content (AvgIpc) is 3.07. The lowest BCUT2D eigenvalue weighted by molar-refractivity contribution is -0.139. The van der Waals surface area contributed by atoms with Crippen molar-refractivity contribution in [2.24, 2.45) is 5.92 Å². The van der Waals surface area contributed by atoms with Gasteiger partial charge in [0.2, 0.25) is 0 Å². The van der Waals surface area contributed by atoms with E-state index in [0.29, 0.717) is 18.8 Å². The SMILES string of the molecule is CC1OCCC1CNC(=O)N[C@@H](Cc1cnc[nH]1)C(=O)O. The predicted molar refractivity (Wildman–Crippen MR) is 73.8 cm³/mol. The molecule has 1 fully saturated rings. The second-order valence-corrected chi connectivity index (χ2v) is 5.15. The Labute approximate surface area is 122 Å². The first-order valence-corrected chi connectivity index (χ1v) is 6.92. The van der Waals surface area contributed by atoms with Crippen molar-refractivity contribution >= 4 is 12.0 Å². The Morgan fingerprint density at radius 3 is 3.00 bits per heavy atom. The number of carboxylic acid groups (broad SMARTS) is 1. The monoisotopic (exact) mass is 296 g/mol. The van der Waals surface area contributed by atoms with E-state index in [1.165, 1.54) is 12.5 Å². The van der Waals surface area contributed by atoms with Crippen LogP contribution < -0.4 is 10.6 Å². The summed E-state index contributed by atoms with van der Waals surface area (Å²) in [6.07, 6.45) is 4.18. The Hall–Kier alpha value is -2.09. The van der Waals surface area contributed by atoms with Gasteiger partial charge in [-0.25, -0.2) is 14.6 Å². The van der Waals surface area contributed by atoms with E-state index in [-0.39, 0.29) is 18.4 Å². The minimum absolute atomic E-state index is 0.116. The fraction of sp³-hybridized carbons (Fsp3) is 0.615. The van der Waals surface area contributed by atoms with Crippen molar-refractivity contribution < 1.29 is 19.4 Å². The Kier molecular flexibility index (Phi) is 5.15. The zero-order valence-electron chi connectivity index (χ0n) is 11.8. The fourth-order valence-electron chi connectivity index (χ4n) is 2.29. The Morgan fingerprint density at radius 1 is 1.62 bits per heavy atom. The van der Waals surface area contributed by atoms with Crippen molar-refractivity contribution in [3.05, 3.63) is 18.2 Å². The second kappa shape index (κ2) is 7.07. The first kappa shape index (κ1) is 15.3. The molecule has 1 aliphatic heterocycles. The van der Waals surface area contributed by atoms with E-state index >= 15 is 0 Å². The van der Waals surface area contributed by atoms with Crippen LogP contribution in [-0.2, 0) is 16.0 Å². The van der Waals surface area contributed by atoms with Crippen molar-refractivity contribution in [2.45, 2.75) is 31.9 Å². The lowest BCUT2D eigenvalue weighted by atomic mass is 10.0. The summed E-state index contributed by atoms with van der Waals surface area (Å²) in [5.41, 5.74) is 0.653. The number of aliphatic carboxylic acids is 1. The van der Waals surface area contributed by atoms with Crippen LogP contribution in [0.3, 0.4) is 0 Å². The van der Waals surface area contributed by atoms with Gasteiger partial charge in [-0.05, 0) is 13.3 Å². The number of urea groups is 1. The lowest BCUT2D eigenvalue weighted by Gasteiger charge is -2.17. The molecule has 4 N–H and O–H groups in total. The molecule has 0 aliphatic carbocycles. The second-order valence-electron chi connectivity index (χ2n) is 5.15. The van der Waals surface area contributed by atoms with Crippen molar-refractivity contribution in [3.8, 4) is 0 Å². The van der Waals surface area contributed by atoms with Gasteiger partial charge in [0.15, 0.2) is 0 Å². The van der Waals surface area contributed by atoms with E-state index in [9.17, 15) is 9.59 Å². The van der Waals surface area contributed by atoms with Crippen molar-refractivity contribution in [2.75, 3.05) is 13.2 Å². The van der Waals surface area contributed by atoms with Crippen LogP contribution in [0, 0.1) is 5.92 Å². The van der Waals surface area contributed by atoms with Gasteiger partial charge in [0.25, 0.3) is 0 Å². The number of carbonyl (C=O) groups excluding carboxylic acids is 1. The summed E-state index contributed by atoms with van der Waals surface area (Å²) in [6, 6.07) is -1.48. The first-order chi connectivity index (χ1) is 10.1. The maximum Gasteiger partial charge on any atom is 0.326 e. The number of nitrogens with one attached hydrogen (secondary N) is 3. The normalized spacial score (nSPS) is 22.7. The number of rotatable bonds is 6. The molecule has 8 heteroatoms. The van der Waals surface area contributed by atoms with Crippen molar-refractivity contribution in [1.82, 2.24) is 20.6 Å². The number of hydrogen-bond acceptors (Lipinski definition) is 4. The van der Waals surface area contributed by atoms with Crippen LogP contribution in [0.1, 0.15) is 19.0 Å². The molecular weight excluding hydrogens is 276 g/mol. The molecule has 1 saturated heterocycles. The Morgan fingerprint density at radius 2 is 2.43 bits per heavy atom. The van der Waals surface area contributed by atoms with Crippen LogP contribution in [0.25, 0.3) is 0 Å². The van der Waals surface area contributed by atoms with Crippen LogP contribution in [0.15, 0.2) is 12.5 Å². The number of nitrogens with zero attached hydrogens (tertiary/aromatic N) is 1. The van der Waals surface area contributed by atoms with Gasteiger partial charge in [0.1, 0.15) is 6.04 Å². The molecule has 2 rings (SSSR count). The number of carboxylic acids is 1. The summed E-state index contributed by atoms with van der Waals surface area (Å²) in [5, 5.41) is 14.3. The van der Waals surface area contributed by atoms with Gasteiger partial charge in [-0.15, -0.1) is 0 Å². The summed E-state index contributed by atoms with van der Waals surface area (Å²) in [4.78, 5) is 29.6. The Bertz CT molecular complexity index is 477. The maximum atomic E-state index is 11.8.